The molecule has 0 fully saturated rings. The molecule has 1 unspecified atom stereocenters. The first kappa shape index (κ1) is 38.8. The van der Waals surface area contributed by atoms with E-state index in [1.54, 1.807) is 20.8 Å². The average Bonchev–Trinajstić information content (AvgIpc) is 2.88. The van der Waals surface area contributed by atoms with Gasteiger partial charge in [0.15, 0.2) is 0 Å². The van der Waals surface area contributed by atoms with E-state index >= 15 is 0 Å². The fourth-order valence-electron chi connectivity index (χ4n) is 4.50. The molecule has 0 aliphatic heterocycles. The van der Waals surface area contributed by atoms with Crippen molar-refractivity contribution in [2.24, 2.45) is 17.8 Å². The second-order valence-electron chi connectivity index (χ2n) is 12.9. The molecule has 0 saturated heterocycles. The van der Waals surface area contributed by atoms with Gasteiger partial charge in [0, 0.05) is 36.2 Å². The maximum absolute atomic E-state index is 13.5. The molecule has 4 amide bonds. The Morgan fingerprint density at radius 2 is 1.25 bits per heavy atom. The summed E-state index contributed by atoms with van der Waals surface area (Å²) in [4.78, 5) is 52.0. The summed E-state index contributed by atoms with van der Waals surface area (Å²) < 4.78 is 25.5. The van der Waals surface area contributed by atoms with Crippen LogP contribution in [0.25, 0.3) is 0 Å². The van der Waals surface area contributed by atoms with Crippen molar-refractivity contribution in [1.29, 1.82) is 0 Å². The van der Waals surface area contributed by atoms with E-state index in [1.807, 2.05) is 41.5 Å². The Morgan fingerprint density at radius 1 is 0.750 bits per heavy atom. The third-order valence-corrected chi connectivity index (χ3v) is 8.16. The highest BCUT2D eigenvalue weighted by atomic mass is 32.2. The van der Waals surface area contributed by atoms with Crippen molar-refractivity contribution in [3.8, 4) is 0 Å². The van der Waals surface area contributed by atoms with Crippen LogP contribution in [0.4, 0.5) is 5.69 Å². The van der Waals surface area contributed by atoms with Gasteiger partial charge >= 0.3 is 0 Å². The molecule has 0 radical (unpaired) electrons. The van der Waals surface area contributed by atoms with Crippen LogP contribution in [0.3, 0.4) is 0 Å². The van der Waals surface area contributed by atoms with Crippen molar-refractivity contribution in [3.63, 3.8) is 0 Å². The van der Waals surface area contributed by atoms with E-state index in [1.165, 1.54) is 25.2 Å². The maximum Gasteiger partial charge on any atom is 0.251 e. The molecule has 5 N–H and O–H groups in total. The Labute approximate surface area is 263 Å². The van der Waals surface area contributed by atoms with E-state index in [-0.39, 0.29) is 53.1 Å². The fraction of sp³-hybridized carbons (Fsp3) is 0.677. The van der Waals surface area contributed by atoms with Crippen LogP contribution in [0.1, 0.15) is 95.9 Å². The maximum atomic E-state index is 13.5. The van der Waals surface area contributed by atoms with Crippen molar-refractivity contribution in [2.75, 3.05) is 17.6 Å². The quantitative estimate of drug-likeness (QED) is 0.185. The number of anilines is 1. The Kier molecular flexibility index (Phi) is 14.8. The molecule has 4 atom stereocenters. The molecule has 0 aliphatic carbocycles. The first-order chi connectivity index (χ1) is 20.1. The Bertz CT molecular complexity index is 1260. The molecular formula is C31H53N5O7S. The van der Waals surface area contributed by atoms with Crippen LogP contribution in [-0.4, -0.2) is 80.7 Å². The monoisotopic (exact) mass is 639 g/mol. The topological polar surface area (TPSA) is 174 Å². The SMILES string of the molecule is CC(C)C[C@H](NC(=O)c1cc(C(=O)NC(C)C)cc(N(C)S(C)(=O)=O)c1)[C@@H](O)C[C@@H](C)C(=O)NC(C(=O)NC(C)C)C(C)C. The van der Waals surface area contributed by atoms with Crippen LogP contribution < -0.4 is 25.6 Å². The second kappa shape index (κ2) is 16.8. The lowest BCUT2D eigenvalue weighted by molar-refractivity contribution is -0.132. The number of aliphatic hydroxyl groups excluding tert-OH is 1. The third-order valence-electron chi connectivity index (χ3n) is 6.95. The molecule has 1 rings (SSSR count). The van der Waals surface area contributed by atoms with Crippen LogP contribution in [0.15, 0.2) is 18.2 Å². The molecule has 250 valence electrons. The van der Waals surface area contributed by atoms with Gasteiger partial charge < -0.3 is 26.4 Å². The molecule has 13 heteroatoms. The minimum Gasteiger partial charge on any atom is -0.391 e. The van der Waals surface area contributed by atoms with Crippen LogP contribution in [-0.2, 0) is 19.6 Å². The Morgan fingerprint density at radius 3 is 1.68 bits per heavy atom. The lowest BCUT2D eigenvalue weighted by Crippen LogP contribution is -2.53. The van der Waals surface area contributed by atoms with Gasteiger partial charge in [-0.3, -0.25) is 23.5 Å². The van der Waals surface area contributed by atoms with Gasteiger partial charge in [-0.2, -0.15) is 0 Å². The van der Waals surface area contributed by atoms with Crippen LogP contribution in [0.2, 0.25) is 0 Å². The predicted molar refractivity (Wildman–Crippen MR) is 173 cm³/mol. The average molecular weight is 640 g/mol. The number of benzene rings is 1. The van der Waals surface area contributed by atoms with Gasteiger partial charge in [0.2, 0.25) is 21.8 Å². The molecule has 1 aromatic rings. The van der Waals surface area contributed by atoms with E-state index in [0.717, 1.165) is 10.6 Å². The smallest absolute Gasteiger partial charge is 0.251 e. The zero-order valence-corrected chi connectivity index (χ0v) is 28.8. The number of rotatable bonds is 16. The summed E-state index contributed by atoms with van der Waals surface area (Å²) >= 11 is 0. The standard InChI is InChI=1S/C31H53N5O7S/c1-17(2)12-25(26(37)13-21(9)28(38)35-27(18(3)4)31(41)33-20(7)8)34-30(40)23-14-22(29(39)32-19(5)6)15-24(16-23)36(10)44(11,42)43/h14-21,25-27,37H,12-13H2,1-11H3,(H,32,39)(H,33,41)(H,34,40)(H,35,38)/t21-,25+,26+,27?/m1/s1. The molecule has 0 saturated carbocycles. The van der Waals surface area contributed by atoms with E-state index in [2.05, 4.69) is 21.3 Å². The molecule has 1 aromatic carbocycles. The van der Waals surface area contributed by atoms with Crippen molar-refractivity contribution < 1.29 is 32.7 Å². The number of carbonyl (C=O) groups is 4. The molecule has 0 aromatic heterocycles. The van der Waals surface area contributed by atoms with Crippen LogP contribution in [0, 0.1) is 17.8 Å². The largest absolute Gasteiger partial charge is 0.391 e. The summed E-state index contributed by atoms with van der Waals surface area (Å²) in [5.74, 6) is -2.54. The number of hydrogen-bond acceptors (Lipinski definition) is 7. The summed E-state index contributed by atoms with van der Waals surface area (Å²) in [6, 6.07) is 2.35. The van der Waals surface area contributed by atoms with Crippen molar-refractivity contribution in [3.05, 3.63) is 29.3 Å². The van der Waals surface area contributed by atoms with Crippen molar-refractivity contribution in [2.45, 2.75) is 105 Å². The molecule has 0 heterocycles. The Hall–Kier alpha value is -3.19. The van der Waals surface area contributed by atoms with Gasteiger partial charge in [-0.25, -0.2) is 8.42 Å². The zero-order valence-electron chi connectivity index (χ0n) is 28.0. The minimum absolute atomic E-state index is 0.0129. The molecular weight excluding hydrogens is 586 g/mol. The van der Waals surface area contributed by atoms with Gasteiger partial charge in [0.05, 0.1) is 24.1 Å². The number of nitrogens with zero attached hydrogens (tertiary/aromatic N) is 1. The van der Waals surface area contributed by atoms with Crippen molar-refractivity contribution in [1.82, 2.24) is 21.3 Å². The van der Waals surface area contributed by atoms with Gasteiger partial charge in [-0.1, -0.05) is 34.6 Å². The van der Waals surface area contributed by atoms with Gasteiger partial charge in [-0.05, 0) is 70.6 Å². The predicted octanol–water partition coefficient (Wildman–Crippen LogP) is 2.42. The molecule has 0 spiro atoms. The fourth-order valence-corrected chi connectivity index (χ4v) is 4.99. The second-order valence-corrected chi connectivity index (χ2v) is 14.9. The van der Waals surface area contributed by atoms with Gasteiger partial charge in [0.25, 0.3) is 11.8 Å². The first-order valence-corrected chi connectivity index (χ1v) is 17.0. The zero-order chi connectivity index (χ0) is 34.1. The molecule has 12 nitrogen and oxygen atoms in total. The van der Waals surface area contributed by atoms with E-state index in [0.29, 0.717) is 6.42 Å². The highest BCUT2D eigenvalue weighted by Crippen LogP contribution is 2.22. The lowest BCUT2D eigenvalue weighted by Gasteiger charge is -2.29. The number of sulfonamides is 1. The summed E-state index contributed by atoms with van der Waals surface area (Å²) in [5, 5.41) is 22.4. The van der Waals surface area contributed by atoms with Gasteiger partial charge in [0.1, 0.15) is 6.04 Å². The number of nitrogens with one attached hydrogen (secondary N) is 4. The first-order valence-electron chi connectivity index (χ1n) is 15.1. The van der Waals surface area contributed by atoms with E-state index < -0.39 is 51.9 Å². The summed E-state index contributed by atoms with van der Waals surface area (Å²) in [6.45, 7) is 16.4. The summed E-state index contributed by atoms with van der Waals surface area (Å²) in [7, 11) is -2.37. The van der Waals surface area contributed by atoms with Crippen LogP contribution >= 0.6 is 0 Å². The number of carbonyl (C=O) groups excluding carboxylic acids is 4. The normalized spacial score (nSPS) is 14.6. The van der Waals surface area contributed by atoms with E-state index in [4.69, 9.17) is 0 Å². The number of aliphatic hydroxyl groups is 1. The number of hydrogen-bond donors (Lipinski definition) is 5. The minimum atomic E-state index is -3.70. The molecule has 44 heavy (non-hydrogen) atoms. The lowest BCUT2D eigenvalue weighted by atomic mass is 9.91. The summed E-state index contributed by atoms with van der Waals surface area (Å²) in [6.07, 6.45) is 0.296. The number of amides is 4. The van der Waals surface area contributed by atoms with Crippen molar-refractivity contribution >= 4 is 39.3 Å². The molecule has 0 bridgehead atoms. The van der Waals surface area contributed by atoms with E-state index in [9.17, 15) is 32.7 Å². The van der Waals surface area contributed by atoms with Crippen LogP contribution in [0.5, 0.6) is 0 Å². The summed E-state index contributed by atoms with van der Waals surface area (Å²) in [5.41, 5.74) is 0.264. The Balaban J connectivity index is 3.26. The molecule has 0 aliphatic rings. The van der Waals surface area contributed by atoms with Gasteiger partial charge in [-0.15, -0.1) is 0 Å². The highest BCUT2D eigenvalue weighted by Gasteiger charge is 2.31. The highest BCUT2D eigenvalue weighted by molar-refractivity contribution is 7.92. The third kappa shape index (κ3) is 12.4.